The predicted molar refractivity (Wildman–Crippen MR) is 84.3 cm³/mol. The van der Waals surface area contributed by atoms with E-state index in [1.165, 1.54) is 7.11 Å². The molecule has 0 aliphatic carbocycles. The Balaban J connectivity index is 3.29. The average molecular weight is 278 g/mol. The highest BCUT2D eigenvalue weighted by Gasteiger charge is 2.18. The van der Waals surface area contributed by atoms with Gasteiger partial charge in [-0.25, -0.2) is 4.79 Å². The molecular formula is C16H26N2O2. The van der Waals surface area contributed by atoms with Gasteiger partial charge in [0.25, 0.3) is 0 Å². The lowest BCUT2D eigenvalue weighted by atomic mass is 10.0. The molecule has 0 amide bonds. The molecule has 0 saturated carbocycles. The molecule has 0 radical (unpaired) electrons. The van der Waals surface area contributed by atoms with Crippen LogP contribution < -0.4 is 10.6 Å². The van der Waals surface area contributed by atoms with Crippen molar-refractivity contribution in [3.8, 4) is 0 Å². The first kappa shape index (κ1) is 16.3. The number of benzene rings is 1. The van der Waals surface area contributed by atoms with Gasteiger partial charge in [-0.05, 0) is 44.4 Å². The van der Waals surface area contributed by atoms with E-state index in [-0.39, 0.29) is 5.97 Å². The zero-order valence-corrected chi connectivity index (χ0v) is 13.4. The van der Waals surface area contributed by atoms with E-state index in [1.807, 2.05) is 19.1 Å². The van der Waals surface area contributed by atoms with Crippen LogP contribution in [0, 0.1) is 12.8 Å². The SMILES string of the molecule is COC(=O)c1cc(N(CC(C)C)C(C)C)cc(C)c1N. The Kier molecular flexibility index (Phi) is 5.43. The smallest absolute Gasteiger partial charge is 0.340 e. The van der Waals surface area contributed by atoms with E-state index in [0.717, 1.165) is 17.8 Å². The van der Waals surface area contributed by atoms with Crippen LogP contribution >= 0.6 is 0 Å². The van der Waals surface area contributed by atoms with Crippen LogP contribution in [-0.4, -0.2) is 25.7 Å². The van der Waals surface area contributed by atoms with Gasteiger partial charge >= 0.3 is 5.97 Å². The second-order valence-corrected chi connectivity index (χ2v) is 5.86. The number of anilines is 2. The van der Waals surface area contributed by atoms with Crippen molar-refractivity contribution < 1.29 is 9.53 Å². The molecule has 0 bridgehead atoms. The molecule has 20 heavy (non-hydrogen) atoms. The summed E-state index contributed by atoms with van der Waals surface area (Å²) in [6, 6.07) is 4.21. The topological polar surface area (TPSA) is 55.6 Å². The van der Waals surface area contributed by atoms with Crippen LogP contribution in [0.4, 0.5) is 11.4 Å². The van der Waals surface area contributed by atoms with Crippen molar-refractivity contribution in [3.05, 3.63) is 23.3 Å². The molecule has 0 heterocycles. The minimum Gasteiger partial charge on any atom is -0.465 e. The van der Waals surface area contributed by atoms with Crippen LogP contribution in [0.25, 0.3) is 0 Å². The molecule has 1 aromatic rings. The minimum atomic E-state index is -0.388. The van der Waals surface area contributed by atoms with E-state index in [0.29, 0.717) is 23.2 Å². The van der Waals surface area contributed by atoms with Crippen molar-refractivity contribution in [2.75, 3.05) is 24.3 Å². The van der Waals surface area contributed by atoms with Gasteiger partial charge in [0.2, 0.25) is 0 Å². The fraction of sp³-hybridized carbons (Fsp3) is 0.562. The first-order valence-corrected chi connectivity index (χ1v) is 7.03. The maximum absolute atomic E-state index is 11.8. The van der Waals surface area contributed by atoms with Gasteiger partial charge in [0, 0.05) is 24.0 Å². The third kappa shape index (κ3) is 3.65. The van der Waals surface area contributed by atoms with Gasteiger partial charge in [-0.15, -0.1) is 0 Å². The maximum atomic E-state index is 11.8. The molecule has 112 valence electrons. The molecular weight excluding hydrogens is 252 g/mol. The molecule has 0 atom stereocenters. The number of hydrogen-bond donors (Lipinski definition) is 1. The van der Waals surface area contributed by atoms with Crippen molar-refractivity contribution in [2.24, 2.45) is 5.92 Å². The summed E-state index contributed by atoms with van der Waals surface area (Å²) < 4.78 is 4.81. The summed E-state index contributed by atoms with van der Waals surface area (Å²) in [5.74, 6) is 0.150. The Morgan fingerprint density at radius 2 is 1.90 bits per heavy atom. The van der Waals surface area contributed by atoms with Gasteiger partial charge in [0.15, 0.2) is 0 Å². The Hall–Kier alpha value is -1.71. The van der Waals surface area contributed by atoms with E-state index in [1.54, 1.807) is 0 Å². The highest BCUT2D eigenvalue weighted by molar-refractivity contribution is 5.97. The van der Waals surface area contributed by atoms with E-state index in [4.69, 9.17) is 10.5 Å². The van der Waals surface area contributed by atoms with E-state index < -0.39 is 0 Å². The molecule has 0 spiro atoms. The van der Waals surface area contributed by atoms with Crippen LogP contribution in [0.2, 0.25) is 0 Å². The van der Waals surface area contributed by atoms with Gasteiger partial charge in [-0.2, -0.15) is 0 Å². The number of carbonyl (C=O) groups is 1. The maximum Gasteiger partial charge on any atom is 0.340 e. The third-order valence-electron chi connectivity index (χ3n) is 3.29. The second kappa shape index (κ2) is 6.64. The summed E-state index contributed by atoms with van der Waals surface area (Å²) in [7, 11) is 1.37. The number of nitrogen functional groups attached to an aromatic ring is 1. The Morgan fingerprint density at radius 1 is 1.30 bits per heavy atom. The molecule has 2 N–H and O–H groups in total. The fourth-order valence-corrected chi connectivity index (χ4v) is 2.23. The summed E-state index contributed by atoms with van der Waals surface area (Å²) in [6.45, 7) is 11.5. The first-order chi connectivity index (χ1) is 9.27. The largest absolute Gasteiger partial charge is 0.465 e. The van der Waals surface area contributed by atoms with Crippen LogP contribution in [0.15, 0.2) is 12.1 Å². The van der Waals surface area contributed by atoms with Gasteiger partial charge in [0.1, 0.15) is 0 Å². The Labute approximate surface area is 121 Å². The number of rotatable bonds is 5. The summed E-state index contributed by atoms with van der Waals surface area (Å²) in [5, 5.41) is 0. The minimum absolute atomic E-state index is 0.353. The number of carbonyl (C=O) groups excluding carboxylic acids is 1. The predicted octanol–water partition coefficient (Wildman–Crippen LogP) is 3.23. The van der Waals surface area contributed by atoms with Crippen molar-refractivity contribution in [2.45, 2.75) is 40.7 Å². The van der Waals surface area contributed by atoms with Crippen LogP contribution in [0.3, 0.4) is 0 Å². The molecule has 1 aromatic carbocycles. The van der Waals surface area contributed by atoms with Crippen molar-refractivity contribution in [3.63, 3.8) is 0 Å². The molecule has 0 saturated heterocycles. The molecule has 4 nitrogen and oxygen atoms in total. The molecule has 0 fully saturated rings. The Bertz CT molecular complexity index is 482. The quantitative estimate of drug-likeness (QED) is 0.663. The normalized spacial score (nSPS) is 11.0. The number of esters is 1. The molecule has 0 unspecified atom stereocenters. The van der Waals surface area contributed by atoms with Crippen molar-refractivity contribution in [1.82, 2.24) is 0 Å². The zero-order valence-electron chi connectivity index (χ0n) is 13.4. The van der Waals surface area contributed by atoms with Gasteiger partial charge in [-0.1, -0.05) is 13.8 Å². The molecule has 0 aliphatic heterocycles. The van der Waals surface area contributed by atoms with E-state index in [2.05, 4.69) is 32.6 Å². The highest BCUT2D eigenvalue weighted by atomic mass is 16.5. The summed E-state index contributed by atoms with van der Waals surface area (Å²) in [5.41, 5.74) is 8.84. The molecule has 4 heteroatoms. The first-order valence-electron chi connectivity index (χ1n) is 7.03. The lowest BCUT2D eigenvalue weighted by Gasteiger charge is -2.31. The number of hydrogen-bond acceptors (Lipinski definition) is 4. The van der Waals surface area contributed by atoms with Crippen LogP contribution in [0.1, 0.15) is 43.6 Å². The van der Waals surface area contributed by atoms with Gasteiger partial charge < -0.3 is 15.4 Å². The monoisotopic (exact) mass is 278 g/mol. The summed E-state index contributed by atoms with van der Waals surface area (Å²) >= 11 is 0. The van der Waals surface area contributed by atoms with E-state index in [9.17, 15) is 4.79 Å². The third-order valence-corrected chi connectivity index (χ3v) is 3.29. The average Bonchev–Trinajstić information content (AvgIpc) is 2.37. The van der Waals surface area contributed by atoms with Gasteiger partial charge in [-0.3, -0.25) is 0 Å². The molecule has 1 rings (SSSR count). The Morgan fingerprint density at radius 3 is 2.35 bits per heavy atom. The highest BCUT2D eigenvalue weighted by Crippen LogP contribution is 2.28. The number of aryl methyl sites for hydroxylation is 1. The fourth-order valence-electron chi connectivity index (χ4n) is 2.23. The number of methoxy groups -OCH3 is 1. The lowest BCUT2D eigenvalue weighted by molar-refractivity contribution is 0.0602. The molecule has 0 aromatic heterocycles. The number of nitrogens with two attached hydrogens (primary N) is 1. The lowest BCUT2D eigenvalue weighted by Crippen LogP contribution is -2.34. The van der Waals surface area contributed by atoms with E-state index >= 15 is 0 Å². The zero-order chi connectivity index (χ0) is 15.4. The van der Waals surface area contributed by atoms with Crippen LogP contribution in [-0.2, 0) is 4.74 Å². The van der Waals surface area contributed by atoms with Crippen molar-refractivity contribution >= 4 is 17.3 Å². The van der Waals surface area contributed by atoms with Crippen molar-refractivity contribution in [1.29, 1.82) is 0 Å². The standard InChI is InChI=1S/C16H26N2O2/c1-10(2)9-18(11(3)4)13-7-12(5)15(17)14(8-13)16(19)20-6/h7-8,10-11H,9,17H2,1-6H3. The molecule has 0 aliphatic rings. The number of nitrogens with zero attached hydrogens (tertiary/aromatic N) is 1. The summed E-state index contributed by atoms with van der Waals surface area (Å²) in [4.78, 5) is 14.1. The summed E-state index contributed by atoms with van der Waals surface area (Å²) in [6.07, 6.45) is 0. The van der Waals surface area contributed by atoms with Crippen LogP contribution in [0.5, 0.6) is 0 Å². The number of ether oxygens (including phenoxy) is 1. The second-order valence-electron chi connectivity index (χ2n) is 5.86. The van der Waals surface area contributed by atoms with Gasteiger partial charge in [0.05, 0.1) is 12.7 Å².